The average Bonchev–Trinajstić information content (AvgIpc) is 2.77. The fourth-order valence-corrected chi connectivity index (χ4v) is 4.17. The molecule has 0 saturated heterocycles. The molecule has 0 aliphatic heterocycles. The summed E-state index contributed by atoms with van der Waals surface area (Å²) >= 11 is 0. The summed E-state index contributed by atoms with van der Waals surface area (Å²) in [5, 5.41) is 0. The van der Waals surface area contributed by atoms with Crippen molar-refractivity contribution in [2.24, 2.45) is 35.5 Å². The van der Waals surface area contributed by atoms with Crippen LogP contribution >= 0.6 is 0 Å². The molecule has 2 fully saturated rings. The lowest BCUT2D eigenvalue weighted by Gasteiger charge is -2.21. The number of ketones is 4. The third-order valence-corrected chi connectivity index (χ3v) is 4.91. The second-order valence-electron chi connectivity index (χ2n) is 5.99. The van der Waals surface area contributed by atoms with Crippen LogP contribution in [0.2, 0.25) is 0 Å². The van der Waals surface area contributed by atoms with Gasteiger partial charge >= 0.3 is 0 Å². The van der Waals surface area contributed by atoms with Gasteiger partial charge in [-0.2, -0.15) is 0 Å². The summed E-state index contributed by atoms with van der Waals surface area (Å²) in [7, 11) is 1.49. The van der Waals surface area contributed by atoms with E-state index in [2.05, 4.69) is 0 Å². The Hall–Kier alpha value is -1.36. The van der Waals surface area contributed by atoms with Crippen LogP contribution < -0.4 is 0 Å². The standard InChI is InChI=1S/C15H20O5/c1-6-10-11(7(2)16)15(19)12(8(3)17)13(10)9(5-20-4)14(6)18/h6,9-13H,5H2,1-4H3. The summed E-state index contributed by atoms with van der Waals surface area (Å²) in [6, 6.07) is 0. The Bertz CT molecular complexity index is 481. The van der Waals surface area contributed by atoms with Gasteiger partial charge in [-0.3, -0.25) is 19.2 Å². The van der Waals surface area contributed by atoms with Crippen LogP contribution in [0, 0.1) is 35.5 Å². The Morgan fingerprint density at radius 2 is 1.50 bits per heavy atom. The lowest BCUT2D eigenvalue weighted by Crippen LogP contribution is -2.33. The normalized spacial score (nSPS) is 40.0. The number of fused-ring (bicyclic) bond motifs is 1. The van der Waals surface area contributed by atoms with E-state index in [1.54, 1.807) is 6.92 Å². The lowest BCUT2D eigenvalue weighted by atomic mass is 9.81. The van der Waals surface area contributed by atoms with Crippen molar-refractivity contribution in [1.82, 2.24) is 0 Å². The van der Waals surface area contributed by atoms with Gasteiger partial charge in [-0.05, 0) is 25.7 Å². The van der Waals surface area contributed by atoms with E-state index in [0.29, 0.717) is 0 Å². The summed E-state index contributed by atoms with van der Waals surface area (Å²) in [5.41, 5.74) is 0. The molecule has 0 spiro atoms. The Balaban J connectivity index is 2.49. The van der Waals surface area contributed by atoms with Crippen LogP contribution in [0.4, 0.5) is 0 Å². The van der Waals surface area contributed by atoms with Crippen molar-refractivity contribution < 1.29 is 23.9 Å². The maximum atomic E-state index is 12.4. The highest BCUT2D eigenvalue weighted by atomic mass is 16.5. The predicted molar refractivity (Wildman–Crippen MR) is 69.9 cm³/mol. The second kappa shape index (κ2) is 5.20. The summed E-state index contributed by atoms with van der Waals surface area (Å²) in [4.78, 5) is 48.4. The number of hydrogen-bond acceptors (Lipinski definition) is 5. The van der Waals surface area contributed by atoms with Crippen LogP contribution in [-0.2, 0) is 23.9 Å². The van der Waals surface area contributed by atoms with Gasteiger partial charge in [0.1, 0.15) is 17.3 Å². The van der Waals surface area contributed by atoms with E-state index in [9.17, 15) is 19.2 Å². The largest absolute Gasteiger partial charge is 0.384 e. The van der Waals surface area contributed by atoms with Gasteiger partial charge in [-0.15, -0.1) is 0 Å². The average molecular weight is 280 g/mol. The van der Waals surface area contributed by atoms with Crippen LogP contribution in [0.5, 0.6) is 0 Å². The van der Waals surface area contributed by atoms with Crippen molar-refractivity contribution in [2.75, 3.05) is 13.7 Å². The van der Waals surface area contributed by atoms with Gasteiger partial charge in [-0.25, -0.2) is 0 Å². The molecule has 0 heterocycles. The number of rotatable bonds is 4. The molecule has 5 nitrogen and oxygen atoms in total. The highest BCUT2D eigenvalue weighted by Crippen LogP contribution is 2.53. The molecule has 2 rings (SSSR count). The number of carbonyl (C=O) groups excluding carboxylic acids is 4. The molecule has 0 radical (unpaired) electrons. The molecule has 0 N–H and O–H groups in total. The first-order valence-electron chi connectivity index (χ1n) is 6.90. The van der Waals surface area contributed by atoms with Crippen molar-refractivity contribution >= 4 is 23.1 Å². The molecule has 0 aromatic rings. The Morgan fingerprint density at radius 1 is 1.00 bits per heavy atom. The third kappa shape index (κ3) is 1.95. The molecular weight excluding hydrogens is 260 g/mol. The fourth-order valence-electron chi connectivity index (χ4n) is 4.17. The number of carbonyl (C=O) groups is 4. The monoisotopic (exact) mass is 280 g/mol. The van der Waals surface area contributed by atoms with Crippen molar-refractivity contribution in [3.05, 3.63) is 0 Å². The summed E-state index contributed by atoms with van der Waals surface area (Å²) < 4.78 is 5.08. The van der Waals surface area contributed by atoms with Gasteiger partial charge in [0.2, 0.25) is 0 Å². The first-order chi connectivity index (χ1) is 9.32. The minimum atomic E-state index is -0.831. The Labute approximate surface area is 118 Å². The first kappa shape index (κ1) is 15.0. The van der Waals surface area contributed by atoms with Crippen LogP contribution in [0.15, 0.2) is 0 Å². The van der Waals surface area contributed by atoms with E-state index in [1.165, 1.54) is 21.0 Å². The minimum absolute atomic E-state index is 0.00634. The summed E-state index contributed by atoms with van der Waals surface area (Å²) in [6.07, 6.45) is 0. The lowest BCUT2D eigenvalue weighted by molar-refractivity contribution is -0.137. The molecule has 6 unspecified atom stereocenters. The molecule has 6 atom stereocenters. The van der Waals surface area contributed by atoms with Gasteiger partial charge in [0.25, 0.3) is 0 Å². The van der Waals surface area contributed by atoms with Crippen LogP contribution in [-0.4, -0.2) is 36.8 Å². The SMILES string of the molecule is COCC1C(=O)C(C)C2C(C(C)=O)C(=O)C(C(C)=O)C12. The molecule has 0 amide bonds. The molecule has 20 heavy (non-hydrogen) atoms. The molecule has 110 valence electrons. The quantitative estimate of drug-likeness (QED) is 0.708. The van der Waals surface area contributed by atoms with E-state index in [1.807, 2.05) is 0 Å². The van der Waals surface area contributed by atoms with Gasteiger partial charge in [0.05, 0.1) is 18.4 Å². The third-order valence-electron chi connectivity index (χ3n) is 4.91. The highest BCUT2D eigenvalue weighted by molar-refractivity contribution is 6.14. The van der Waals surface area contributed by atoms with Crippen molar-refractivity contribution in [3.63, 3.8) is 0 Å². The minimum Gasteiger partial charge on any atom is -0.384 e. The van der Waals surface area contributed by atoms with E-state index in [4.69, 9.17) is 4.74 Å². The van der Waals surface area contributed by atoms with Crippen molar-refractivity contribution in [3.8, 4) is 0 Å². The van der Waals surface area contributed by atoms with Gasteiger partial charge < -0.3 is 4.74 Å². The zero-order valence-electron chi connectivity index (χ0n) is 12.2. The molecule has 0 bridgehead atoms. The second-order valence-corrected chi connectivity index (χ2v) is 5.99. The molecule has 2 saturated carbocycles. The number of hydrogen-bond donors (Lipinski definition) is 0. The zero-order valence-corrected chi connectivity index (χ0v) is 12.2. The number of ether oxygens (including phenoxy) is 1. The molecule has 5 heteroatoms. The van der Waals surface area contributed by atoms with Gasteiger partial charge in [0.15, 0.2) is 5.78 Å². The Kier molecular flexibility index (Phi) is 3.91. The van der Waals surface area contributed by atoms with Crippen molar-refractivity contribution in [1.29, 1.82) is 0 Å². The molecule has 0 aromatic carbocycles. The molecule has 0 aromatic heterocycles. The molecular formula is C15H20O5. The maximum absolute atomic E-state index is 12.4. The number of methoxy groups -OCH3 is 1. The summed E-state index contributed by atoms with van der Waals surface area (Å²) in [6.45, 7) is 4.68. The van der Waals surface area contributed by atoms with E-state index >= 15 is 0 Å². The maximum Gasteiger partial charge on any atom is 0.154 e. The van der Waals surface area contributed by atoms with Crippen LogP contribution in [0.1, 0.15) is 20.8 Å². The topological polar surface area (TPSA) is 77.5 Å². The first-order valence-corrected chi connectivity index (χ1v) is 6.90. The molecule has 2 aliphatic rings. The Morgan fingerprint density at radius 3 is 1.95 bits per heavy atom. The van der Waals surface area contributed by atoms with Gasteiger partial charge in [0, 0.05) is 18.9 Å². The highest BCUT2D eigenvalue weighted by Gasteiger charge is 2.63. The zero-order chi connectivity index (χ0) is 15.2. The van der Waals surface area contributed by atoms with Gasteiger partial charge in [-0.1, -0.05) is 6.92 Å². The van der Waals surface area contributed by atoms with E-state index < -0.39 is 17.8 Å². The van der Waals surface area contributed by atoms with Crippen molar-refractivity contribution in [2.45, 2.75) is 20.8 Å². The fraction of sp³-hybridized carbons (Fsp3) is 0.733. The van der Waals surface area contributed by atoms with E-state index in [0.717, 1.165) is 0 Å². The smallest absolute Gasteiger partial charge is 0.154 e. The summed E-state index contributed by atoms with van der Waals surface area (Å²) in [5.74, 6) is -3.99. The molecule has 2 aliphatic carbocycles. The van der Waals surface area contributed by atoms with E-state index in [-0.39, 0.29) is 47.5 Å². The number of Topliss-reactive ketones (excluding diaryl/α,β-unsaturated/α-hetero) is 4. The predicted octanol–water partition coefficient (Wildman–Crippen LogP) is 0.693. The van der Waals surface area contributed by atoms with Crippen LogP contribution in [0.25, 0.3) is 0 Å². The van der Waals surface area contributed by atoms with Crippen LogP contribution in [0.3, 0.4) is 0 Å².